The van der Waals surface area contributed by atoms with Gasteiger partial charge in [0.1, 0.15) is 12.9 Å². The second-order valence-corrected chi connectivity index (χ2v) is 11.6. The molecule has 1 N–H and O–H groups in total. The Hall–Kier alpha value is -4.05. The maximum atomic E-state index is 12.6. The SMILES string of the molecule is CCN1CCC(COc2cc3ncnc(-c4ccc(NC(=O)Cn5cc(C(C)(C)C)nn5)cc4)c3cc2OC)CC1. The van der Waals surface area contributed by atoms with Gasteiger partial charge >= 0.3 is 0 Å². The van der Waals surface area contributed by atoms with E-state index in [0.29, 0.717) is 29.7 Å². The Kier molecular flexibility index (Phi) is 8.49. The fraction of sp³-hybridized carbons (Fsp3) is 0.452. The lowest BCUT2D eigenvalue weighted by atomic mass is 9.93. The topological polar surface area (TPSA) is 107 Å². The summed E-state index contributed by atoms with van der Waals surface area (Å²) in [4.78, 5) is 24.2. The highest BCUT2D eigenvalue weighted by atomic mass is 16.5. The van der Waals surface area contributed by atoms with Crippen LogP contribution in [0.1, 0.15) is 46.2 Å². The van der Waals surface area contributed by atoms with Crippen molar-refractivity contribution in [3.63, 3.8) is 0 Å². The Morgan fingerprint density at radius 2 is 1.83 bits per heavy atom. The van der Waals surface area contributed by atoms with Crippen LogP contribution in [-0.2, 0) is 16.8 Å². The van der Waals surface area contributed by atoms with Crippen molar-refractivity contribution in [3.05, 3.63) is 54.6 Å². The average Bonchev–Trinajstić information content (AvgIpc) is 3.45. The van der Waals surface area contributed by atoms with Crippen molar-refractivity contribution in [1.82, 2.24) is 29.9 Å². The lowest BCUT2D eigenvalue weighted by Crippen LogP contribution is -2.35. The second kappa shape index (κ2) is 12.2. The molecule has 41 heavy (non-hydrogen) atoms. The third kappa shape index (κ3) is 6.82. The number of methoxy groups -OCH3 is 1. The van der Waals surface area contributed by atoms with Crippen molar-refractivity contribution in [2.45, 2.75) is 52.5 Å². The number of ether oxygens (including phenoxy) is 2. The van der Waals surface area contributed by atoms with Gasteiger partial charge in [0.2, 0.25) is 5.91 Å². The van der Waals surface area contributed by atoms with E-state index < -0.39 is 0 Å². The monoisotopic (exact) mass is 557 g/mol. The number of anilines is 1. The van der Waals surface area contributed by atoms with Crippen LogP contribution in [0.4, 0.5) is 5.69 Å². The van der Waals surface area contributed by atoms with Gasteiger partial charge in [-0.25, -0.2) is 14.6 Å². The number of piperidine rings is 1. The van der Waals surface area contributed by atoms with Crippen LogP contribution < -0.4 is 14.8 Å². The number of fused-ring (bicyclic) bond motifs is 1. The number of likely N-dealkylation sites (tertiary alicyclic amines) is 1. The van der Waals surface area contributed by atoms with E-state index in [2.05, 4.69) is 58.2 Å². The van der Waals surface area contributed by atoms with Crippen LogP contribution in [0, 0.1) is 5.92 Å². The van der Waals surface area contributed by atoms with Crippen LogP contribution in [0.3, 0.4) is 0 Å². The molecule has 5 rings (SSSR count). The summed E-state index contributed by atoms with van der Waals surface area (Å²) >= 11 is 0. The Morgan fingerprint density at radius 1 is 1.07 bits per heavy atom. The molecular formula is C31H39N7O3. The van der Waals surface area contributed by atoms with Gasteiger partial charge in [-0.3, -0.25) is 4.79 Å². The molecule has 0 saturated carbocycles. The fourth-order valence-electron chi connectivity index (χ4n) is 5.02. The van der Waals surface area contributed by atoms with Gasteiger partial charge in [0.25, 0.3) is 0 Å². The van der Waals surface area contributed by atoms with Crippen molar-refractivity contribution in [2.24, 2.45) is 5.92 Å². The fourth-order valence-corrected chi connectivity index (χ4v) is 5.02. The lowest BCUT2D eigenvalue weighted by Gasteiger charge is -2.30. The molecule has 0 radical (unpaired) electrons. The van der Waals surface area contributed by atoms with Crippen LogP contribution in [0.2, 0.25) is 0 Å². The van der Waals surface area contributed by atoms with E-state index in [1.54, 1.807) is 18.1 Å². The van der Waals surface area contributed by atoms with Gasteiger partial charge in [-0.05, 0) is 56.6 Å². The zero-order valence-electron chi connectivity index (χ0n) is 24.6. The normalized spacial score (nSPS) is 14.8. The van der Waals surface area contributed by atoms with Gasteiger partial charge in [0.15, 0.2) is 11.5 Å². The first-order valence-electron chi connectivity index (χ1n) is 14.2. The molecule has 3 heterocycles. The Bertz CT molecular complexity index is 1490. The summed E-state index contributed by atoms with van der Waals surface area (Å²) < 4.78 is 13.5. The van der Waals surface area contributed by atoms with Gasteiger partial charge in [-0.2, -0.15) is 0 Å². The number of nitrogens with one attached hydrogen (secondary N) is 1. The quantitative estimate of drug-likeness (QED) is 0.308. The largest absolute Gasteiger partial charge is 0.493 e. The summed E-state index contributed by atoms with van der Waals surface area (Å²) in [7, 11) is 1.65. The molecule has 0 bridgehead atoms. The molecular weight excluding hydrogens is 518 g/mol. The molecule has 1 aliphatic rings. The van der Waals surface area contributed by atoms with Crippen LogP contribution in [-0.4, -0.2) is 69.1 Å². The zero-order chi connectivity index (χ0) is 29.0. The molecule has 10 nitrogen and oxygen atoms in total. The molecule has 1 fully saturated rings. The Morgan fingerprint density at radius 3 is 2.49 bits per heavy atom. The minimum atomic E-state index is -0.177. The van der Waals surface area contributed by atoms with Gasteiger partial charge in [-0.1, -0.05) is 45.0 Å². The lowest BCUT2D eigenvalue weighted by molar-refractivity contribution is -0.116. The van der Waals surface area contributed by atoms with E-state index in [4.69, 9.17) is 9.47 Å². The van der Waals surface area contributed by atoms with Crippen LogP contribution in [0.15, 0.2) is 48.9 Å². The van der Waals surface area contributed by atoms with E-state index in [-0.39, 0.29) is 17.9 Å². The summed E-state index contributed by atoms with van der Waals surface area (Å²) in [5.74, 6) is 1.72. The molecule has 2 aromatic carbocycles. The minimum Gasteiger partial charge on any atom is -0.493 e. The molecule has 0 atom stereocenters. The molecule has 2 aromatic heterocycles. The second-order valence-electron chi connectivity index (χ2n) is 11.6. The van der Waals surface area contributed by atoms with Gasteiger partial charge < -0.3 is 19.7 Å². The molecule has 1 saturated heterocycles. The highest BCUT2D eigenvalue weighted by Crippen LogP contribution is 2.36. The van der Waals surface area contributed by atoms with Crippen molar-refractivity contribution in [1.29, 1.82) is 0 Å². The highest BCUT2D eigenvalue weighted by Gasteiger charge is 2.21. The summed E-state index contributed by atoms with van der Waals surface area (Å²) in [5, 5.41) is 12.0. The van der Waals surface area contributed by atoms with Gasteiger partial charge in [0.05, 0.1) is 30.6 Å². The first-order chi connectivity index (χ1) is 19.7. The number of aromatic nitrogens is 5. The van der Waals surface area contributed by atoms with Gasteiger partial charge in [-0.15, -0.1) is 5.10 Å². The van der Waals surface area contributed by atoms with Crippen LogP contribution in [0.25, 0.3) is 22.2 Å². The summed E-state index contributed by atoms with van der Waals surface area (Å²) in [6.45, 7) is 12.5. The first kappa shape index (κ1) is 28.5. The molecule has 4 aromatic rings. The molecule has 216 valence electrons. The number of benzene rings is 2. The first-order valence-corrected chi connectivity index (χ1v) is 14.2. The third-order valence-corrected chi connectivity index (χ3v) is 7.60. The van der Waals surface area contributed by atoms with E-state index in [0.717, 1.165) is 60.3 Å². The molecule has 0 unspecified atom stereocenters. The number of carbonyl (C=O) groups is 1. The number of nitrogens with zero attached hydrogens (tertiary/aromatic N) is 6. The van der Waals surface area contributed by atoms with E-state index >= 15 is 0 Å². The third-order valence-electron chi connectivity index (χ3n) is 7.60. The highest BCUT2D eigenvalue weighted by molar-refractivity contribution is 5.95. The van der Waals surface area contributed by atoms with Crippen molar-refractivity contribution < 1.29 is 14.3 Å². The number of carbonyl (C=O) groups excluding carboxylic acids is 1. The minimum absolute atomic E-state index is 0.0868. The molecule has 0 aliphatic carbocycles. The smallest absolute Gasteiger partial charge is 0.246 e. The maximum absolute atomic E-state index is 12.6. The van der Waals surface area contributed by atoms with E-state index in [1.165, 1.54) is 0 Å². The number of amides is 1. The summed E-state index contributed by atoms with van der Waals surface area (Å²) in [5.41, 5.74) is 3.87. The van der Waals surface area contributed by atoms with E-state index in [9.17, 15) is 4.79 Å². The predicted octanol–water partition coefficient (Wildman–Crippen LogP) is 4.94. The Balaban J connectivity index is 1.27. The van der Waals surface area contributed by atoms with Gasteiger partial charge in [0, 0.05) is 34.3 Å². The van der Waals surface area contributed by atoms with Crippen LogP contribution in [0.5, 0.6) is 11.5 Å². The molecule has 10 heteroatoms. The molecule has 0 spiro atoms. The Labute approximate surface area is 241 Å². The average molecular weight is 558 g/mol. The van der Waals surface area contributed by atoms with Crippen molar-refractivity contribution in [2.75, 3.05) is 38.7 Å². The number of hydrogen-bond donors (Lipinski definition) is 1. The molecule has 1 aliphatic heterocycles. The molecule has 1 amide bonds. The zero-order valence-corrected chi connectivity index (χ0v) is 24.6. The predicted molar refractivity (Wildman–Crippen MR) is 159 cm³/mol. The maximum Gasteiger partial charge on any atom is 0.246 e. The van der Waals surface area contributed by atoms with Crippen molar-refractivity contribution >= 4 is 22.5 Å². The summed E-state index contributed by atoms with van der Waals surface area (Å²) in [6, 6.07) is 11.5. The number of rotatable bonds is 9. The van der Waals surface area contributed by atoms with Crippen LogP contribution >= 0.6 is 0 Å². The van der Waals surface area contributed by atoms with Crippen molar-refractivity contribution in [3.8, 4) is 22.8 Å². The summed E-state index contributed by atoms with van der Waals surface area (Å²) in [6.07, 6.45) is 5.66. The number of hydrogen-bond acceptors (Lipinski definition) is 8. The standard InChI is InChI=1S/C31H39N7O3/c1-6-37-13-11-21(12-14-37)19-41-27-16-25-24(15-26(27)40-5)30(33-20-32-25)22-7-9-23(10-8-22)34-29(39)18-38-17-28(35-36-38)31(2,3)4/h7-10,15-17,20-21H,6,11-14,18-19H2,1-5H3,(H,34,39). The van der Waals surface area contributed by atoms with E-state index in [1.807, 2.05) is 42.6 Å².